The Labute approximate surface area is 189 Å². The van der Waals surface area contributed by atoms with E-state index in [-0.39, 0.29) is 24.0 Å². The minimum Gasteiger partial charge on any atom is -0.493 e. The van der Waals surface area contributed by atoms with Gasteiger partial charge in [-0.25, -0.2) is 0 Å². The Kier molecular flexibility index (Phi) is 7.82. The van der Waals surface area contributed by atoms with E-state index < -0.39 is 17.7 Å². The van der Waals surface area contributed by atoms with Crippen LogP contribution in [-0.4, -0.2) is 23.8 Å². The molecule has 0 spiro atoms. The van der Waals surface area contributed by atoms with Gasteiger partial charge in [0, 0.05) is 6.42 Å². The zero-order chi connectivity index (χ0) is 23.8. The average molecular weight is 460 g/mol. The Bertz CT molecular complexity index is 1050. The van der Waals surface area contributed by atoms with Crippen molar-refractivity contribution in [1.29, 1.82) is 0 Å². The third-order valence-electron chi connectivity index (χ3n) is 4.64. The van der Waals surface area contributed by atoms with Crippen LogP contribution in [0.5, 0.6) is 23.0 Å². The molecule has 1 unspecified atom stereocenters. The molecule has 0 saturated heterocycles. The molecular formula is C25H23F3O5. The van der Waals surface area contributed by atoms with E-state index in [2.05, 4.69) is 0 Å². The third kappa shape index (κ3) is 7.45. The fraction of sp³-hybridized carbons (Fsp3) is 0.240. The number of rotatable bonds is 10. The summed E-state index contributed by atoms with van der Waals surface area (Å²) in [5.41, 5.74) is -0.164. The molecule has 0 aliphatic rings. The highest BCUT2D eigenvalue weighted by Crippen LogP contribution is 2.38. The lowest BCUT2D eigenvalue weighted by Gasteiger charge is -2.19. The molecule has 5 nitrogen and oxygen atoms in total. The van der Waals surface area contributed by atoms with E-state index in [4.69, 9.17) is 19.3 Å². The average Bonchev–Trinajstić information content (AvgIpc) is 2.76. The molecule has 0 radical (unpaired) electrons. The molecule has 3 aromatic carbocycles. The van der Waals surface area contributed by atoms with Crippen molar-refractivity contribution in [2.24, 2.45) is 0 Å². The second-order valence-electron chi connectivity index (χ2n) is 7.35. The quantitative estimate of drug-likeness (QED) is 0.381. The first kappa shape index (κ1) is 24.0. The molecule has 8 heteroatoms. The van der Waals surface area contributed by atoms with Crippen LogP contribution in [0.25, 0.3) is 0 Å². The Morgan fingerprint density at radius 1 is 0.939 bits per heavy atom. The monoisotopic (exact) mass is 460 g/mol. The second kappa shape index (κ2) is 10.8. The second-order valence-corrected chi connectivity index (χ2v) is 7.35. The molecule has 0 amide bonds. The summed E-state index contributed by atoms with van der Waals surface area (Å²) in [5.74, 6) is 0.228. The van der Waals surface area contributed by atoms with Gasteiger partial charge >= 0.3 is 12.1 Å². The van der Waals surface area contributed by atoms with E-state index in [0.29, 0.717) is 30.1 Å². The van der Waals surface area contributed by atoms with Gasteiger partial charge in [-0.1, -0.05) is 30.3 Å². The molecule has 0 aliphatic carbocycles. The number of aliphatic carboxylic acids is 1. The Morgan fingerprint density at radius 2 is 1.64 bits per heavy atom. The first-order valence-corrected chi connectivity index (χ1v) is 10.2. The maximum absolute atomic E-state index is 13.2. The van der Waals surface area contributed by atoms with Crippen LogP contribution >= 0.6 is 0 Å². The SMILES string of the molecule is CC(CCOc1ccc(CC(=O)O)cc1)Oc1ccc(C(F)(F)F)cc1Oc1ccccc1. The van der Waals surface area contributed by atoms with Gasteiger partial charge in [0.15, 0.2) is 11.5 Å². The number of alkyl halides is 3. The van der Waals surface area contributed by atoms with Crippen LogP contribution in [0, 0.1) is 0 Å². The zero-order valence-electron chi connectivity index (χ0n) is 17.8. The molecule has 1 atom stereocenters. The normalized spacial score (nSPS) is 12.1. The minimum absolute atomic E-state index is 0.0298. The molecule has 0 fully saturated rings. The number of para-hydroxylation sites is 1. The molecule has 0 bridgehead atoms. The van der Waals surface area contributed by atoms with Crippen LogP contribution < -0.4 is 14.2 Å². The Balaban J connectivity index is 1.62. The van der Waals surface area contributed by atoms with Crippen molar-refractivity contribution in [3.05, 3.63) is 83.9 Å². The van der Waals surface area contributed by atoms with Crippen LogP contribution in [0.1, 0.15) is 24.5 Å². The van der Waals surface area contributed by atoms with E-state index in [9.17, 15) is 18.0 Å². The summed E-state index contributed by atoms with van der Waals surface area (Å²) in [4.78, 5) is 10.7. The number of hydrogen-bond acceptors (Lipinski definition) is 4. The van der Waals surface area contributed by atoms with Gasteiger partial charge in [-0.3, -0.25) is 4.79 Å². The molecule has 3 aromatic rings. The first-order valence-electron chi connectivity index (χ1n) is 10.2. The summed E-state index contributed by atoms with van der Waals surface area (Å²) in [5, 5.41) is 8.81. The minimum atomic E-state index is -4.51. The van der Waals surface area contributed by atoms with Gasteiger partial charge in [-0.05, 0) is 55.0 Å². The van der Waals surface area contributed by atoms with E-state index in [1.165, 1.54) is 6.07 Å². The summed E-state index contributed by atoms with van der Waals surface area (Å²) in [6, 6.07) is 18.4. The van der Waals surface area contributed by atoms with Gasteiger partial charge in [0.1, 0.15) is 11.5 Å². The van der Waals surface area contributed by atoms with Crippen LogP contribution in [0.4, 0.5) is 13.2 Å². The van der Waals surface area contributed by atoms with Crippen LogP contribution in [-0.2, 0) is 17.4 Å². The number of ether oxygens (including phenoxy) is 3. The van der Waals surface area contributed by atoms with Gasteiger partial charge < -0.3 is 19.3 Å². The van der Waals surface area contributed by atoms with Crippen LogP contribution in [0.3, 0.4) is 0 Å². The number of hydrogen-bond donors (Lipinski definition) is 1. The maximum Gasteiger partial charge on any atom is 0.416 e. The van der Waals surface area contributed by atoms with Crippen molar-refractivity contribution in [3.63, 3.8) is 0 Å². The van der Waals surface area contributed by atoms with Gasteiger partial charge in [0.25, 0.3) is 0 Å². The van der Waals surface area contributed by atoms with Crippen LogP contribution in [0.15, 0.2) is 72.8 Å². The lowest BCUT2D eigenvalue weighted by molar-refractivity contribution is -0.138. The smallest absolute Gasteiger partial charge is 0.416 e. The first-order chi connectivity index (χ1) is 15.7. The lowest BCUT2D eigenvalue weighted by atomic mass is 10.1. The summed E-state index contributed by atoms with van der Waals surface area (Å²) in [6.45, 7) is 2.08. The molecular weight excluding hydrogens is 437 g/mol. The van der Waals surface area contributed by atoms with Crippen molar-refractivity contribution in [2.75, 3.05) is 6.61 Å². The lowest BCUT2D eigenvalue weighted by Crippen LogP contribution is -2.16. The topological polar surface area (TPSA) is 65.0 Å². The Hall–Kier alpha value is -3.68. The van der Waals surface area contributed by atoms with E-state index in [1.807, 2.05) is 0 Å². The predicted molar refractivity (Wildman–Crippen MR) is 116 cm³/mol. The van der Waals surface area contributed by atoms with Crippen molar-refractivity contribution < 1.29 is 37.3 Å². The predicted octanol–water partition coefficient (Wildman–Crippen LogP) is 6.36. The number of carboxylic acids is 1. The summed E-state index contributed by atoms with van der Waals surface area (Å²) in [6.07, 6.45) is -4.48. The molecule has 0 heterocycles. The van der Waals surface area contributed by atoms with E-state index in [1.54, 1.807) is 61.5 Å². The molecule has 174 valence electrons. The fourth-order valence-electron chi connectivity index (χ4n) is 2.97. The maximum atomic E-state index is 13.2. The largest absolute Gasteiger partial charge is 0.493 e. The Morgan fingerprint density at radius 3 is 2.27 bits per heavy atom. The molecule has 0 saturated carbocycles. The molecule has 1 N–H and O–H groups in total. The standard InChI is InChI=1S/C25H23F3O5/c1-17(13-14-31-20-10-7-18(8-11-20)15-24(29)30)32-22-12-9-19(25(26,27)28)16-23(22)33-21-5-3-2-4-6-21/h2-12,16-17H,13-15H2,1H3,(H,29,30). The summed E-state index contributed by atoms with van der Waals surface area (Å²) < 4.78 is 56.7. The van der Waals surface area contributed by atoms with Gasteiger partial charge in [-0.15, -0.1) is 0 Å². The highest BCUT2D eigenvalue weighted by molar-refractivity contribution is 5.70. The third-order valence-corrected chi connectivity index (χ3v) is 4.64. The van der Waals surface area contributed by atoms with E-state index >= 15 is 0 Å². The van der Waals surface area contributed by atoms with Gasteiger partial charge in [0.2, 0.25) is 0 Å². The zero-order valence-corrected chi connectivity index (χ0v) is 17.8. The highest BCUT2D eigenvalue weighted by Gasteiger charge is 2.31. The number of carboxylic acid groups (broad SMARTS) is 1. The van der Waals surface area contributed by atoms with Crippen molar-refractivity contribution >= 4 is 5.97 Å². The molecule has 3 rings (SSSR count). The highest BCUT2D eigenvalue weighted by atomic mass is 19.4. The number of carbonyl (C=O) groups is 1. The summed E-state index contributed by atoms with van der Waals surface area (Å²) >= 11 is 0. The van der Waals surface area contributed by atoms with Gasteiger partial charge in [0.05, 0.1) is 24.7 Å². The van der Waals surface area contributed by atoms with Crippen molar-refractivity contribution in [3.8, 4) is 23.0 Å². The van der Waals surface area contributed by atoms with Crippen LogP contribution in [0.2, 0.25) is 0 Å². The number of benzene rings is 3. The van der Waals surface area contributed by atoms with Gasteiger partial charge in [-0.2, -0.15) is 13.2 Å². The molecule has 0 aliphatic heterocycles. The summed E-state index contributed by atoms with van der Waals surface area (Å²) in [7, 11) is 0. The van der Waals surface area contributed by atoms with Crippen molar-refractivity contribution in [1.82, 2.24) is 0 Å². The van der Waals surface area contributed by atoms with E-state index in [0.717, 1.165) is 12.1 Å². The van der Waals surface area contributed by atoms with Crippen molar-refractivity contribution in [2.45, 2.75) is 32.0 Å². The fourth-order valence-corrected chi connectivity index (χ4v) is 2.97. The number of halogens is 3. The molecule has 0 aromatic heterocycles. The molecule has 33 heavy (non-hydrogen) atoms.